The van der Waals surface area contributed by atoms with Gasteiger partial charge in [-0.25, -0.2) is 0 Å². The molecule has 1 atom stereocenters. The number of aromatic nitrogens is 2. The van der Waals surface area contributed by atoms with Gasteiger partial charge in [0.05, 0.1) is 14.2 Å². The minimum atomic E-state index is -0.587. The Morgan fingerprint density at radius 2 is 1.86 bits per heavy atom. The van der Waals surface area contributed by atoms with Crippen LogP contribution in [0.4, 0.5) is 0 Å². The van der Waals surface area contributed by atoms with E-state index >= 15 is 0 Å². The molecule has 2 aromatic rings. The molecule has 1 saturated carbocycles. The van der Waals surface area contributed by atoms with Gasteiger partial charge in [0.15, 0.2) is 0 Å². The van der Waals surface area contributed by atoms with Crippen molar-refractivity contribution < 1.29 is 13.9 Å². The summed E-state index contributed by atoms with van der Waals surface area (Å²) in [7, 11) is 3.18. The van der Waals surface area contributed by atoms with E-state index in [1.165, 1.54) is 11.8 Å². The average molecular weight is 361 g/mol. The van der Waals surface area contributed by atoms with Crippen LogP contribution < -0.4 is 9.47 Å². The van der Waals surface area contributed by atoms with Crippen molar-refractivity contribution in [1.82, 2.24) is 10.2 Å². The monoisotopic (exact) mass is 360 g/mol. The van der Waals surface area contributed by atoms with Crippen molar-refractivity contribution in [3.05, 3.63) is 18.2 Å². The van der Waals surface area contributed by atoms with E-state index < -0.39 is 4.33 Å². The van der Waals surface area contributed by atoms with E-state index in [0.29, 0.717) is 22.6 Å². The third-order valence-electron chi connectivity index (χ3n) is 3.37. The van der Waals surface area contributed by atoms with Gasteiger partial charge in [-0.2, -0.15) is 0 Å². The van der Waals surface area contributed by atoms with E-state index in [4.69, 9.17) is 37.1 Å². The fourth-order valence-corrected chi connectivity index (χ4v) is 3.63. The van der Waals surface area contributed by atoms with Crippen molar-refractivity contribution in [2.24, 2.45) is 5.92 Å². The zero-order valence-corrected chi connectivity index (χ0v) is 14.3. The van der Waals surface area contributed by atoms with Crippen LogP contribution in [0.25, 0.3) is 11.5 Å². The third kappa shape index (κ3) is 3.45. The summed E-state index contributed by atoms with van der Waals surface area (Å²) in [4.78, 5) is 0. The Labute approximate surface area is 142 Å². The Bertz CT molecular complexity index is 656. The Morgan fingerprint density at radius 1 is 1.23 bits per heavy atom. The molecule has 22 heavy (non-hydrogen) atoms. The molecule has 3 rings (SSSR count). The SMILES string of the molecule is COc1cc(OC)cc(-c2nnc(SC[C@@H]3CC3(Cl)Cl)o2)c1. The van der Waals surface area contributed by atoms with Crippen LogP contribution in [-0.4, -0.2) is 34.5 Å². The van der Waals surface area contributed by atoms with Gasteiger partial charge >= 0.3 is 0 Å². The van der Waals surface area contributed by atoms with Gasteiger partial charge in [0.2, 0.25) is 5.89 Å². The first-order chi connectivity index (χ1) is 10.5. The molecule has 1 fully saturated rings. The Balaban J connectivity index is 1.73. The van der Waals surface area contributed by atoms with Crippen molar-refractivity contribution in [1.29, 1.82) is 0 Å². The molecule has 1 aromatic heterocycles. The molecule has 0 saturated heterocycles. The lowest BCUT2D eigenvalue weighted by Gasteiger charge is -2.05. The minimum Gasteiger partial charge on any atom is -0.497 e. The molecule has 1 heterocycles. The van der Waals surface area contributed by atoms with Crippen LogP contribution in [-0.2, 0) is 0 Å². The van der Waals surface area contributed by atoms with Crippen LogP contribution in [0.3, 0.4) is 0 Å². The molecule has 118 valence electrons. The van der Waals surface area contributed by atoms with E-state index in [1.54, 1.807) is 20.3 Å². The molecule has 0 unspecified atom stereocenters. The summed E-state index contributed by atoms with van der Waals surface area (Å²) in [5, 5.41) is 8.58. The fraction of sp³-hybridized carbons (Fsp3) is 0.429. The number of thioether (sulfide) groups is 1. The van der Waals surface area contributed by atoms with Crippen LogP contribution in [0.5, 0.6) is 11.5 Å². The van der Waals surface area contributed by atoms with Crippen molar-refractivity contribution in [3.8, 4) is 23.0 Å². The highest BCUT2D eigenvalue weighted by Gasteiger charge is 2.51. The molecule has 0 bridgehead atoms. The van der Waals surface area contributed by atoms with Gasteiger partial charge in [0, 0.05) is 23.3 Å². The lowest BCUT2D eigenvalue weighted by atomic mass is 10.2. The van der Waals surface area contributed by atoms with Gasteiger partial charge in [0.25, 0.3) is 5.22 Å². The first-order valence-electron chi connectivity index (χ1n) is 6.59. The van der Waals surface area contributed by atoms with Crippen LogP contribution in [0, 0.1) is 5.92 Å². The van der Waals surface area contributed by atoms with Crippen molar-refractivity contribution in [2.75, 3.05) is 20.0 Å². The lowest BCUT2D eigenvalue weighted by molar-refractivity contribution is 0.394. The second kappa shape index (κ2) is 6.18. The summed E-state index contributed by atoms with van der Waals surface area (Å²) in [5.74, 6) is 2.77. The lowest BCUT2D eigenvalue weighted by Crippen LogP contribution is -1.92. The topological polar surface area (TPSA) is 57.4 Å². The number of hydrogen-bond acceptors (Lipinski definition) is 6. The van der Waals surface area contributed by atoms with E-state index in [9.17, 15) is 0 Å². The predicted octanol–water partition coefficient (Wildman–Crippen LogP) is 4.04. The minimum absolute atomic E-state index is 0.271. The molecule has 1 aliphatic carbocycles. The summed E-state index contributed by atoms with van der Waals surface area (Å²) < 4.78 is 15.5. The van der Waals surface area contributed by atoms with E-state index in [-0.39, 0.29) is 5.92 Å². The van der Waals surface area contributed by atoms with E-state index in [0.717, 1.165) is 17.7 Å². The predicted molar refractivity (Wildman–Crippen MR) is 86.1 cm³/mol. The van der Waals surface area contributed by atoms with Crippen LogP contribution in [0.1, 0.15) is 6.42 Å². The number of alkyl halides is 2. The average Bonchev–Trinajstić information content (AvgIpc) is 2.92. The molecular weight excluding hydrogens is 347 g/mol. The van der Waals surface area contributed by atoms with Crippen LogP contribution in [0.15, 0.2) is 27.8 Å². The molecule has 0 aliphatic heterocycles. The fourth-order valence-electron chi connectivity index (χ4n) is 1.94. The van der Waals surface area contributed by atoms with Crippen molar-refractivity contribution in [3.63, 3.8) is 0 Å². The van der Waals surface area contributed by atoms with E-state index in [2.05, 4.69) is 10.2 Å². The highest BCUT2D eigenvalue weighted by Crippen LogP contribution is 2.54. The summed E-state index contributed by atoms with van der Waals surface area (Å²) in [6.07, 6.45) is 0.803. The van der Waals surface area contributed by atoms with Crippen LogP contribution >= 0.6 is 35.0 Å². The highest BCUT2D eigenvalue weighted by atomic mass is 35.5. The van der Waals surface area contributed by atoms with E-state index in [1.807, 2.05) is 12.1 Å². The Kier molecular flexibility index (Phi) is 4.43. The zero-order valence-electron chi connectivity index (χ0n) is 12.0. The Morgan fingerprint density at radius 3 is 2.41 bits per heavy atom. The first-order valence-corrected chi connectivity index (χ1v) is 8.33. The van der Waals surface area contributed by atoms with Gasteiger partial charge in [-0.1, -0.05) is 11.8 Å². The second-order valence-electron chi connectivity index (χ2n) is 4.95. The number of halogens is 2. The number of benzene rings is 1. The van der Waals surface area contributed by atoms with Crippen molar-refractivity contribution >= 4 is 35.0 Å². The highest BCUT2D eigenvalue weighted by molar-refractivity contribution is 7.99. The van der Waals surface area contributed by atoms with Gasteiger partial charge < -0.3 is 13.9 Å². The largest absolute Gasteiger partial charge is 0.497 e. The number of nitrogens with zero attached hydrogens (tertiary/aromatic N) is 2. The maximum atomic E-state index is 6.00. The Hall–Kier alpha value is -1.11. The van der Waals surface area contributed by atoms with Gasteiger partial charge in [-0.05, 0) is 18.6 Å². The molecule has 5 nitrogen and oxygen atoms in total. The molecular formula is C14H14Cl2N2O3S. The summed E-state index contributed by atoms with van der Waals surface area (Å²) >= 11 is 13.5. The summed E-state index contributed by atoms with van der Waals surface area (Å²) in [5.41, 5.74) is 0.742. The second-order valence-corrected chi connectivity index (χ2v) is 7.46. The summed E-state index contributed by atoms with van der Waals surface area (Å²) in [6.45, 7) is 0. The van der Waals surface area contributed by atoms with Gasteiger partial charge in [-0.3, -0.25) is 0 Å². The molecule has 0 radical (unpaired) electrons. The maximum Gasteiger partial charge on any atom is 0.276 e. The molecule has 8 heteroatoms. The maximum absolute atomic E-state index is 6.00. The zero-order chi connectivity index (χ0) is 15.7. The standard InChI is InChI=1S/C14H14Cl2N2O3S/c1-19-10-3-8(4-11(5-10)20-2)12-17-18-13(21-12)22-7-9-6-14(9,15)16/h3-5,9H,6-7H2,1-2H3/t9-/m0/s1. The number of rotatable bonds is 6. The van der Waals surface area contributed by atoms with Gasteiger partial charge in [-0.15, -0.1) is 33.4 Å². The molecule has 0 spiro atoms. The van der Waals surface area contributed by atoms with Crippen LogP contribution in [0.2, 0.25) is 0 Å². The quantitative estimate of drug-likeness (QED) is 0.572. The number of ether oxygens (including phenoxy) is 2. The smallest absolute Gasteiger partial charge is 0.276 e. The normalized spacial score (nSPS) is 19.0. The van der Waals surface area contributed by atoms with Crippen molar-refractivity contribution in [2.45, 2.75) is 16.0 Å². The van der Waals surface area contributed by atoms with Gasteiger partial charge in [0.1, 0.15) is 15.8 Å². The first kappa shape index (κ1) is 15.8. The number of methoxy groups -OCH3 is 2. The molecule has 0 amide bonds. The third-order valence-corrected chi connectivity index (χ3v) is 5.28. The number of hydrogen-bond donors (Lipinski definition) is 0. The molecule has 0 N–H and O–H groups in total. The molecule has 1 aromatic carbocycles. The summed E-state index contributed by atoms with van der Waals surface area (Å²) in [6, 6.07) is 5.41. The molecule has 1 aliphatic rings.